The van der Waals surface area contributed by atoms with Crippen molar-refractivity contribution in [3.63, 3.8) is 0 Å². The Bertz CT molecular complexity index is 460. The number of para-hydroxylation sites is 2. The molecule has 2 aromatic rings. The van der Waals surface area contributed by atoms with Gasteiger partial charge in [0, 0.05) is 0 Å². The Balaban J connectivity index is 1.96. The Morgan fingerprint density at radius 2 is 1.29 bits per heavy atom. The van der Waals surface area contributed by atoms with Crippen LogP contribution in [0.5, 0.6) is 11.5 Å². The minimum absolute atomic E-state index is 0.593. The third kappa shape index (κ3) is 6.16. The second-order valence-corrected chi connectivity index (χ2v) is 6.12. The van der Waals surface area contributed by atoms with Crippen molar-refractivity contribution < 1.29 is 13.6 Å². The van der Waals surface area contributed by atoms with Gasteiger partial charge in [-0.1, -0.05) is 50.2 Å². The van der Waals surface area contributed by atoms with Crippen LogP contribution in [0.2, 0.25) is 0 Å². The summed E-state index contributed by atoms with van der Waals surface area (Å²) < 4.78 is 17.4. The lowest BCUT2D eigenvalue weighted by atomic mass is 10.2. The molecule has 21 heavy (non-hydrogen) atoms. The highest BCUT2D eigenvalue weighted by atomic mass is 31.2. The summed E-state index contributed by atoms with van der Waals surface area (Å²) >= 11 is 0. The molecule has 0 N–H and O–H groups in total. The van der Waals surface area contributed by atoms with E-state index in [1.807, 2.05) is 60.7 Å². The maximum absolute atomic E-state index is 5.82. The van der Waals surface area contributed by atoms with Crippen molar-refractivity contribution in [2.24, 2.45) is 5.92 Å². The van der Waals surface area contributed by atoms with Crippen LogP contribution in [0.4, 0.5) is 0 Å². The lowest BCUT2D eigenvalue weighted by Crippen LogP contribution is -2.03. The van der Waals surface area contributed by atoms with E-state index in [-0.39, 0.29) is 0 Å². The third-order valence-corrected chi connectivity index (χ3v) is 3.85. The van der Waals surface area contributed by atoms with Crippen molar-refractivity contribution in [1.82, 2.24) is 0 Å². The Morgan fingerprint density at radius 3 is 1.71 bits per heavy atom. The van der Waals surface area contributed by atoms with Crippen molar-refractivity contribution in [2.75, 3.05) is 6.61 Å². The molecule has 112 valence electrons. The molecule has 0 unspecified atom stereocenters. The molecule has 0 saturated heterocycles. The van der Waals surface area contributed by atoms with Crippen molar-refractivity contribution >= 4 is 8.60 Å². The zero-order chi connectivity index (χ0) is 14.9. The summed E-state index contributed by atoms with van der Waals surface area (Å²) in [5.74, 6) is 2.10. The van der Waals surface area contributed by atoms with Crippen LogP contribution in [0.3, 0.4) is 0 Å². The molecule has 0 heterocycles. The Morgan fingerprint density at radius 1 is 0.810 bits per heavy atom. The molecule has 0 fully saturated rings. The van der Waals surface area contributed by atoms with Crippen molar-refractivity contribution in [1.29, 1.82) is 0 Å². The summed E-state index contributed by atoms with van der Waals surface area (Å²) in [5.41, 5.74) is 0. The van der Waals surface area contributed by atoms with Crippen molar-refractivity contribution in [3.8, 4) is 11.5 Å². The minimum Gasteiger partial charge on any atom is -0.418 e. The fraction of sp³-hybridized carbons (Fsp3) is 0.294. The van der Waals surface area contributed by atoms with Crippen LogP contribution in [0, 0.1) is 5.92 Å². The molecule has 0 spiro atoms. The van der Waals surface area contributed by atoms with Gasteiger partial charge in [-0.25, -0.2) is 0 Å². The highest BCUT2D eigenvalue weighted by molar-refractivity contribution is 7.42. The maximum atomic E-state index is 5.82. The molecule has 0 saturated carbocycles. The van der Waals surface area contributed by atoms with Gasteiger partial charge in [0.25, 0.3) is 0 Å². The average Bonchev–Trinajstić information content (AvgIpc) is 2.49. The zero-order valence-corrected chi connectivity index (χ0v) is 13.3. The van der Waals surface area contributed by atoms with Gasteiger partial charge in [-0.05, 0) is 36.6 Å². The molecule has 0 amide bonds. The first-order valence-corrected chi connectivity index (χ1v) is 8.22. The van der Waals surface area contributed by atoms with Crippen LogP contribution in [0.1, 0.15) is 20.3 Å². The van der Waals surface area contributed by atoms with Crippen LogP contribution < -0.4 is 9.05 Å². The number of hydrogen-bond donors (Lipinski definition) is 0. The highest BCUT2D eigenvalue weighted by Crippen LogP contribution is 2.41. The smallest absolute Gasteiger partial charge is 0.418 e. The first kappa shape index (κ1) is 15.8. The molecular weight excluding hydrogens is 283 g/mol. The molecular formula is C17H21O3P. The number of rotatable bonds is 8. The van der Waals surface area contributed by atoms with E-state index in [1.54, 1.807) is 0 Å². The summed E-state index contributed by atoms with van der Waals surface area (Å²) in [5, 5.41) is 0. The molecule has 0 aliphatic heterocycles. The topological polar surface area (TPSA) is 27.7 Å². The highest BCUT2D eigenvalue weighted by Gasteiger charge is 2.17. The van der Waals surface area contributed by atoms with E-state index in [9.17, 15) is 0 Å². The predicted molar refractivity (Wildman–Crippen MR) is 86.5 cm³/mol. The lowest BCUT2D eigenvalue weighted by molar-refractivity contribution is 0.249. The van der Waals surface area contributed by atoms with Crippen LogP contribution >= 0.6 is 8.60 Å². The lowest BCUT2D eigenvalue weighted by Gasteiger charge is -2.18. The van der Waals surface area contributed by atoms with Crippen LogP contribution in [-0.4, -0.2) is 6.61 Å². The SMILES string of the molecule is CC(C)CCOP(Oc1ccccc1)Oc1ccccc1. The van der Waals surface area contributed by atoms with E-state index >= 15 is 0 Å². The third-order valence-electron chi connectivity index (χ3n) is 2.74. The van der Waals surface area contributed by atoms with Gasteiger partial charge in [0.05, 0.1) is 6.61 Å². The second kappa shape index (κ2) is 8.66. The Labute approximate surface area is 127 Å². The van der Waals surface area contributed by atoms with Crippen LogP contribution in [0.15, 0.2) is 60.7 Å². The molecule has 0 aliphatic rings. The van der Waals surface area contributed by atoms with E-state index in [4.69, 9.17) is 13.6 Å². The first-order chi connectivity index (χ1) is 10.2. The molecule has 0 aromatic heterocycles. The van der Waals surface area contributed by atoms with Gasteiger partial charge < -0.3 is 9.05 Å². The van der Waals surface area contributed by atoms with E-state index in [0.29, 0.717) is 12.5 Å². The monoisotopic (exact) mass is 304 g/mol. The van der Waals surface area contributed by atoms with Gasteiger partial charge in [0.1, 0.15) is 11.5 Å². The van der Waals surface area contributed by atoms with Gasteiger partial charge in [-0.2, -0.15) is 0 Å². The van der Waals surface area contributed by atoms with Gasteiger partial charge in [-0.3, -0.25) is 4.52 Å². The molecule has 2 aromatic carbocycles. The van der Waals surface area contributed by atoms with E-state index in [0.717, 1.165) is 17.9 Å². The molecule has 0 radical (unpaired) electrons. The van der Waals surface area contributed by atoms with E-state index in [1.165, 1.54) is 0 Å². The predicted octanol–water partition coefficient (Wildman–Crippen LogP) is 5.43. The molecule has 3 nitrogen and oxygen atoms in total. The van der Waals surface area contributed by atoms with Gasteiger partial charge in [0.15, 0.2) is 0 Å². The number of hydrogen-bond acceptors (Lipinski definition) is 3. The quantitative estimate of drug-likeness (QED) is 0.608. The van der Waals surface area contributed by atoms with Crippen LogP contribution in [0.25, 0.3) is 0 Å². The Hall–Kier alpha value is -1.57. The fourth-order valence-electron chi connectivity index (χ4n) is 1.57. The molecule has 0 atom stereocenters. The van der Waals surface area contributed by atoms with E-state index in [2.05, 4.69) is 13.8 Å². The molecule has 4 heteroatoms. The Kier molecular flexibility index (Phi) is 6.52. The average molecular weight is 304 g/mol. The summed E-state index contributed by atoms with van der Waals surface area (Å²) in [7, 11) is -1.44. The zero-order valence-electron chi connectivity index (χ0n) is 12.4. The van der Waals surface area contributed by atoms with Crippen molar-refractivity contribution in [3.05, 3.63) is 60.7 Å². The van der Waals surface area contributed by atoms with Gasteiger partial charge in [-0.15, -0.1) is 0 Å². The second-order valence-electron chi connectivity index (χ2n) is 5.05. The maximum Gasteiger partial charge on any atom is 0.463 e. The summed E-state index contributed by atoms with van der Waals surface area (Å²) in [6.07, 6.45) is 0.981. The summed E-state index contributed by atoms with van der Waals surface area (Å²) in [6.45, 7) is 4.96. The first-order valence-electron chi connectivity index (χ1n) is 7.13. The molecule has 2 rings (SSSR count). The van der Waals surface area contributed by atoms with Gasteiger partial charge in [0.2, 0.25) is 0 Å². The largest absolute Gasteiger partial charge is 0.463 e. The minimum atomic E-state index is -1.44. The molecule has 0 aliphatic carbocycles. The standard InChI is InChI=1S/C17H21O3P/c1-15(2)13-14-18-21(19-16-9-5-3-6-10-16)20-17-11-7-4-8-12-17/h3-12,15H,13-14H2,1-2H3. The van der Waals surface area contributed by atoms with Crippen molar-refractivity contribution in [2.45, 2.75) is 20.3 Å². The normalized spacial score (nSPS) is 10.9. The van der Waals surface area contributed by atoms with Gasteiger partial charge >= 0.3 is 8.60 Å². The summed E-state index contributed by atoms with van der Waals surface area (Å²) in [6, 6.07) is 19.2. The molecule has 0 bridgehead atoms. The number of benzene rings is 2. The van der Waals surface area contributed by atoms with E-state index < -0.39 is 8.60 Å². The fourth-order valence-corrected chi connectivity index (χ4v) is 2.55. The van der Waals surface area contributed by atoms with Crippen LogP contribution in [-0.2, 0) is 4.52 Å². The summed E-state index contributed by atoms with van der Waals surface area (Å²) in [4.78, 5) is 0.